The maximum absolute atomic E-state index is 13.3. The van der Waals surface area contributed by atoms with Crippen LogP contribution >= 0.6 is 11.6 Å². The number of aromatic nitrogens is 1. The number of halogens is 2. The van der Waals surface area contributed by atoms with E-state index in [0.29, 0.717) is 15.9 Å². The van der Waals surface area contributed by atoms with Crippen LogP contribution in [0.4, 0.5) is 4.39 Å². The number of hydrogen-bond acceptors (Lipinski definition) is 1. The Morgan fingerprint density at radius 2 is 1.72 bits per heavy atom. The average Bonchev–Trinajstić information content (AvgIpc) is 2.62. The molecule has 0 fully saturated rings. The average molecular weight is 262 g/mol. The number of carbonyl (C=O) groups is 1. The maximum atomic E-state index is 13.3. The second-order valence-corrected chi connectivity index (χ2v) is 4.61. The van der Waals surface area contributed by atoms with Gasteiger partial charge in [0.2, 0.25) is 5.91 Å². The van der Waals surface area contributed by atoms with E-state index < -0.39 is 0 Å². The molecule has 0 spiro atoms. The first kappa shape index (κ1) is 11.2. The molecule has 0 aliphatic rings. The highest BCUT2D eigenvalue weighted by molar-refractivity contribution is 6.32. The van der Waals surface area contributed by atoms with Crippen molar-refractivity contribution in [1.29, 1.82) is 0 Å². The van der Waals surface area contributed by atoms with Crippen LogP contribution in [0.3, 0.4) is 0 Å². The minimum absolute atomic E-state index is 0.107. The highest BCUT2D eigenvalue weighted by Crippen LogP contribution is 2.31. The summed E-state index contributed by atoms with van der Waals surface area (Å²) in [5, 5.41) is 2.05. The van der Waals surface area contributed by atoms with Crippen molar-refractivity contribution in [2.24, 2.45) is 0 Å². The van der Waals surface area contributed by atoms with Crippen molar-refractivity contribution in [3.05, 3.63) is 47.2 Å². The summed E-state index contributed by atoms with van der Waals surface area (Å²) in [7, 11) is 0. The molecule has 3 aromatic rings. The number of benzene rings is 2. The van der Waals surface area contributed by atoms with E-state index in [2.05, 4.69) is 0 Å². The molecule has 0 radical (unpaired) electrons. The molecular formula is C14H9ClFNO. The van der Waals surface area contributed by atoms with Crippen LogP contribution in [0.15, 0.2) is 36.4 Å². The van der Waals surface area contributed by atoms with Crippen LogP contribution in [0.25, 0.3) is 21.8 Å². The summed E-state index contributed by atoms with van der Waals surface area (Å²) in [6.07, 6.45) is 0. The van der Waals surface area contributed by atoms with Crippen molar-refractivity contribution in [2.75, 3.05) is 0 Å². The van der Waals surface area contributed by atoms with Gasteiger partial charge in [-0.2, -0.15) is 0 Å². The Bertz CT molecular complexity index is 732. The van der Waals surface area contributed by atoms with E-state index >= 15 is 0 Å². The predicted molar refractivity (Wildman–Crippen MR) is 70.7 cm³/mol. The third-order valence-electron chi connectivity index (χ3n) is 3.00. The van der Waals surface area contributed by atoms with E-state index in [-0.39, 0.29) is 11.7 Å². The molecule has 2 aromatic carbocycles. The molecule has 0 bridgehead atoms. The normalized spacial score (nSPS) is 11.3. The lowest BCUT2D eigenvalue weighted by atomic mass is 10.1. The van der Waals surface area contributed by atoms with E-state index in [0.717, 1.165) is 10.9 Å². The van der Waals surface area contributed by atoms with Gasteiger partial charge in [0.05, 0.1) is 11.0 Å². The van der Waals surface area contributed by atoms with E-state index in [1.807, 2.05) is 0 Å². The minimum Gasteiger partial charge on any atom is -0.280 e. The molecule has 2 nitrogen and oxygen atoms in total. The Labute approximate surface area is 108 Å². The van der Waals surface area contributed by atoms with E-state index in [1.54, 1.807) is 28.8 Å². The third-order valence-corrected chi connectivity index (χ3v) is 3.24. The Morgan fingerprint density at radius 1 is 1.11 bits per heavy atom. The highest BCUT2D eigenvalue weighted by Gasteiger charge is 2.13. The van der Waals surface area contributed by atoms with Crippen molar-refractivity contribution in [3.8, 4) is 0 Å². The van der Waals surface area contributed by atoms with Gasteiger partial charge in [-0.25, -0.2) is 4.39 Å². The molecule has 0 unspecified atom stereocenters. The lowest BCUT2D eigenvalue weighted by molar-refractivity contribution is 0.0946. The summed E-state index contributed by atoms with van der Waals surface area (Å²) in [4.78, 5) is 11.7. The summed E-state index contributed by atoms with van der Waals surface area (Å²) in [5.41, 5.74) is 1.44. The zero-order chi connectivity index (χ0) is 12.9. The smallest absolute Gasteiger partial charge is 0.228 e. The van der Waals surface area contributed by atoms with Crippen molar-refractivity contribution in [1.82, 2.24) is 4.57 Å². The van der Waals surface area contributed by atoms with Gasteiger partial charge >= 0.3 is 0 Å². The Balaban J connectivity index is 2.60. The molecule has 18 heavy (non-hydrogen) atoms. The van der Waals surface area contributed by atoms with Gasteiger partial charge in [-0.15, -0.1) is 0 Å². The van der Waals surface area contributed by atoms with E-state index in [4.69, 9.17) is 11.6 Å². The maximum Gasteiger partial charge on any atom is 0.228 e. The molecular weight excluding hydrogens is 253 g/mol. The van der Waals surface area contributed by atoms with Crippen LogP contribution < -0.4 is 0 Å². The van der Waals surface area contributed by atoms with Gasteiger partial charge < -0.3 is 0 Å². The van der Waals surface area contributed by atoms with Crippen molar-refractivity contribution < 1.29 is 9.18 Å². The lowest BCUT2D eigenvalue weighted by Gasteiger charge is -2.01. The number of rotatable bonds is 0. The minimum atomic E-state index is -0.329. The van der Waals surface area contributed by atoms with Gasteiger partial charge in [-0.05, 0) is 36.4 Å². The molecule has 4 heteroatoms. The van der Waals surface area contributed by atoms with Gasteiger partial charge in [0.1, 0.15) is 5.82 Å². The summed E-state index contributed by atoms with van der Waals surface area (Å²) in [5.74, 6) is -0.436. The van der Waals surface area contributed by atoms with Crippen LogP contribution in [0, 0.1) is 5.82 Å². The summed E-state index contributed by atoms with van der Waals surface area (Å²) < 4.78 is 14.9. The molecule has 0 aliphatic heterocycles. The first-order valence-electron chi connectivity index (χ1n) is 5.48. The first-order valence-corrected chi connectivity index (χ1v) is 5.86. The SMILES string of the molecule is CC(=O)n1c2ccc(F)cc2c2cc(Cl)ccc21. The van der Waals surface area contributed by atoms with Crippen molar-refractivity contribution in [2.45, 2.75) is 6.92 Å². The molecule has 1 aromatic heterocycles. The van der Waals surface area contributed by atoms with Gasteiger partial charge in [0.25, 0.3) is 0 Å². The van der Waals surface area contributed by atoms with E-state index in [9.17, 15) is 9.18 Å². The quantitative estimate of drug-likeness (QED) is 0.593. The fourth-order valence-corrected chi connectivity index (χ4v) is 2.48. The van der Waals surface area contributed by atoms with Crippen molar-refractivity contribution in [3.63, 3.8) is 0 Å². The molecule has 0 saturated heterocycles. The molecule has 0 atom stereocenters. The number of carbonyl (C=O) groups excluding carboxylic acids is 1. The molecule has 0 saturated carbocycles. The topological polar surface area (TPSA) is 22.0 Å². The molecule has 3 rings (SSSR count). The van der Waals surface area contributed by atoms with Crippen LogP contribution in [0.2, 0.25) is 5.02 Å². The summed E-state index contributed by atoms with van der Waals surface area (Å²) in [6.45, 7) is 1.48. The molecule has 90 valence electrons. The first-order chi connectivity index (χ1) is 8.58. The highest BCUT2D eigenvalue weighted by atomic mass is 35.5. The Kier molecular flexibility index (Phi) is 2.38. The number of fused-ring (bicyclic) bond motifs is 3. The Hall–Kier alpha value is -1.87. The van der Waals surface area contributed by atoms with Gasteiger partial charge in [-0.1, -0.05) is 11.6 Å². The number of nitrogens with zero attached hydrogens (tertiary/aromatic N) is 1. The fourth-order valence-electron chi connectivity index (χ4n) is 2.31. The fraction of sp³-hybridized carbons (Fsp3) is 0.0714. The number of hydrogen-bond donors (Lipinski definition) is 0. The Morgan fingerprint density at radius 3 is 2.39 bits per heavy atom. The van der Waals surface area contributed by atoms with Crippen LogP contribution in [-0.2, 0) is 0 Å². The van der Waals surface area contributed by atoms with Gasteiger partial charge in [-0.3, -0.25) is 9.36 Å². The second-order valence-electron chi connectivity index (χ2n) is 4.18. The van der Waals surface area contributed by atoms with Crippen LogP contribution in [0.5, 0.6) is 0 Å². The molecule has 1 heterocycles. The van der Waals surface area contributed by atoms with Gasteiger partial charge in [0.15, 0.2) is 0 Å². The van der Waals surface area contributed by atoms with Crippen LogP contribution in [0.1, 0.15) is 11.7 Å². The zero-order valence-corrected chi connectivity index (χ0v) is 10.3. The molecule has 0 N–H and O–H groups in total. The van der Waals surface area contributed by atoms with Gasteiger partial charge in [0, 0.05) is 22.7 Å². The summed E-state index contributed by atoms with van der Waals surface area (Å²) >= 11 is 5.96. The van der Waals surface area contributed by atoms with Crippen molar-refractivity contribution >= 4 is 39.3 Å². The summed E-state index contributed by atoms with van der Waals surface area (Å²) in [6, 6.07) is 9.63. The van der Waals surface area contributed by atoms with Crippen LogP contribution in [-0.4, -0.2) is 10.5 Å². The predicted octanol–water partition coefficient (Wildman–Crippen LogP) is 4.25. The molecule has 0 amide bonds. The standard InChI is InChI=1S/C14H9ClFNO/c1-8(18)17-13-4-2-9(15)6-11(13)12-7-10(16)3-5-14(12)17/h2-7H,1H3. The van der Waals surface area contributed by atoms with E-state index in [1.165, 1.54) is 19.1 Å². The second kappa shape index (κ2) is 3.82. The monoisotopic (exact) mass is 261 g/mol. The largest absolute Gasteiger partial charge is 0.280 e. The molecule has 0 aliphatic carbocycles. The lowest BCUT2D eigenvalue weighted by Crippen LogP contribution is -2.04. The zero-order valence-electron chi connectivity index (χ0n) is 9.58. The third kappa shape index (κ3) is 1.51.